The first-order valence-electron chi connectivity index (χ1n) is 6.11. The second-order valence-electron chi connectivity index (χ2n) is 4.41. The number of halogens is 1. The number of aryl methyl sites for hydroxylation is 1. The standard InChI is InChI=1S/C15H15ClN2OS/c1-10-6-13(9-17-8-10)18-15(19)14(20-2)11-4-3-5-12(16)7-11/h3-9,14H,1-2H3,(H,18,19). The number of nitrogens with one attached hydrogen (secondary N) is 1. The first-order valence-corrected chi connectivity index (χ1v) is 7.77. The maximum atomic E-state index is 12.4. The molecule has 1 N–H and O–H groups in total. The van der Waals surface area contributed by atoms with Gasteiger partial charge in [0, 0.05) is 11.2 Å². The van der Waals surface area contributed by atoms with Gasteiger partial charge in [-0.15, -0.1) is 11.8 Å². The normalized spacial score (nSPS) is 11.9. The molecule has 1 heterocycles. The zero-order valence-electron chi connectivity index (χ0n) is 11.3. The Morgan fingerprint density at radius 1 is 1.35 bits per heavy atom. The van der Waals surface area contributed by atoms with Crippen molar-refractivity contribution in [3.05, 3.63) is 58.9 Å². The lowest BCUT2D eigenvalue weighted by atomic mass is 10.1. The van der Waals surface area contributed by atoms with Crippen LogP contribution in [0.5, 0.6) is 0 Å². The summed E-state index contributed by atoms with van der Waals surface area (Å²) in [6, 6.07) is 9.26. The van der Waals surface area contributed by atoms with Crippen molar-refractivity contribution in [3.63, 3.8) is 0 Å². The minimum absolute atomic E-state index is 0.0767. The highest BCUT2D eigenvalue weighted by atomic mass is 35.5. The Hall–Kier alpha value is -1.52. The molecule has 3 nitrogen and oxygen atoms in total. The van der Waals surface area contributed by atoms with Crippen molar-refractivity contribution in [2.45, 2.75) is 12.2 Å². The number of carbonyl (C=O) groups excluding carboxylic acids is 1. The third kappa shape index (κ3) is 3.74. The van der Waals surface area contributed by atoms with Crippen molar-refractivity contribution in [3.8, 4) is 0 Å². The molecule has 1 aromatic carbocycles. The number of anilines is 1. The summed E-state index contributed by atoms with van der Waals surface area (Å²) in [6.07, 6.45) is 5.29. The Bertz CT molecular complexity index is 618. The Morgan fingerprint density at radius 2 is 2.15 bits per heavy atom. The molecule has 104 valence electrons. The molecular formula is C15H15ClN2OS. The summed E-state index contributed by atoms with van der Waals surface area (Å²) >= 11 is 7.45. The van der Waals surface area contributed by atoms with Crippen LogP contribution in [0.1, 0.15) is 16.4 Å². The number of pyridine rings is 1. The molecule has 0 aliphatic rings. The Kier molecular flexibility index (Phi) is 5.04. The molecule has 0 saturated heterocycles. The summed E-state index contributed by atoms with van der Waals surface area (Å²) in [6.45, 7) is 1.94. The van der Waals surface area contributed by atoms with Crippen molar-refractivity contribution in [1.82, 2.24) is 4.98 Å². The largest absolute Gasteiger partial charge is 0.323 e. The van der Waals surface area contributed by atoms with Gasteiger partial charge in [-0.3, -0.25) is 9.78 Å². The smallest absolute Gasteiger partial charge is 0.242 e. The van der Waals surface area contributed by atoms with Crippen LogP contribution < -0.4 is 5.32 Å². The molecule has 0 aliphatic heterocycles. The van der Waals surface area contributed by atoms with Crippen LogP contribution in [0.25, 0.3) is 0 Å². The van der Waals surface area contributed by atoms with E-state index in [1.807, 2.05) is 37.4 Å². The maximum absolute atomic E-state index is 12.4. The predicted octanol–water partition coefficient (Wildman–Crippen LogP) is 4.09. The molecule has 0 radical (unpaired) electrons. The summed E-state index contributed by atoms with van der Waals surface area (Å²) in [5.74, 6) is -0.0767. The van der Waals surface area contributed by atoms with Crippen LogP contribution in [0, 0.1) is 6.92 Å². The Balaban J connectivity index is 2.17. The summed E-state index contributed by atoms with van der Waals surface area (Å²) in [5, 5.41) is 3.22. The third-order valence-electron chi connectivity index (χ3n) is 2.77. The van der Waals surface area contributed by atoms with Gasteiger partial charge in [0.2, 0.25) is 5.91 Å². The van der Waals surface area contributed by atoms with Gasteiger partial charge in [-0.25, -0.2) is 0 Å². The fourth-order valence-electron chi connectivity index (χ4n) is 1.90. The Labute approximate surface area is 127 Å². The fourth-order valence-corrected chi connectivity index (χ4v) is 2.79. The van der Waals surface area contributed by atoms with E-state index in [9.17, 15) is 4.79 Å². The van der Waals surface area contributed by atoms with Gasteiger partial charge in [-0.05, 0) is 42.5 Å². The molecule has 20 heavy (non-hydrogen) atoms. The van der Waals surface area contributed by atoms with Gasteiger partial charge in [0.1, 0.15) is 5.25 Å². The molecule has 0 fully saturated rings. The molecule has 1 unspecified atom stereocenters. The van der Waals surface area contributed by atoms with Crippen molar-refractivity contribution in [2.24, 2.45) is 0 Å². The number of thioether (sulfide) groups is 1. The lowest BCUT2D eigenvalue weighted by Gasteiger charge is -2.15. The van der Waals surface area contributed by atoms with Crippen LogP contribution in [0.3, 0.4) is 0 Å². The average molecular weight is 307 g/mol. The van der Waals surface area contributed by atoms with Gasteiger partial charge >= 0.3 is 0 Å². The summed E-state index contributed by atoms with van der Waals surface area (Å²) in [4.78, 5) is 16.4. The molecular weight excluding hydrogens is 292 g/mol. The third-order valence-corrected chi connectivity index (χ3v) is 3.96. The number of aromatic nitrogens is 1. The van der Waals surface area contributed by atoms with E-state index in [0.29, 0.717) is 10.7 Å². The molecule has 1 aromatic heterocycles. The van der Waals surface area contributed by atoms with E-state index in [1.54, 1.807) is 18.5 Å². The first kappa shape index (κ1) is 14.9. The van der Waals surface area contributed by atoms with Gasteiger partial charge in [0.05, 0.1) is 11.9 Å². The van der Waals surface area contributed by atoms with Crippen LogP contribution in [-0.4, -0.2) is 17.1 Å². The second kappa shape index (κ2) is 6.77. The van der Waals surface area contributed by atoms with Crippen LogP contribution in [-0.2, 0) is 4.79 Å². The second-order valence-corrected chi connectivity index (χ2v) is 5.79. The van der Waals surface area contributed by atoms with E-state index in [0.717, 1.165) is 11.1 Å². The van der Waals surface area contributed by atoms with E-state index in [1.165, 1.54) is 11.8 Å². The number of rotatable bonds is 4. The van der Waals surface area contributed by atoms with Gasteiger partial charge in [0.15, 0.2) is 0 Å². The van der Waals surface area contributed by atoms with Crippen LogP contribution in [0.2, 0.25) is 5.02 Å². The highest BCUT2D eigenvalue weighted by molar-refractivity contribution is 7.99. The quantitative estimate of drug-likeness (QED) is 0.925. The van der Waals surface area contributed by atoms with Gasteiger partial charge in [0.25, 0.3) is 0 Å². The van der Waals surface area contributed by atoms with Crippen molar-refractivity contribution in [1.29, 1.82) is 0 Å². The summed E-state index contributed by atoms with van der Waals surface area (Å²) in [5.41, 5.74) is 2.60. The highest BCUT2D eigenvalue weighted by Gasteiger charge is 2.19. The lowest BCUT2D eigenvalue weighted by molar-refractivity contribution is -0.115. The van der Waals surface area contributed by atoms with Crippen molar-refractivity contribution in [2.75, 3.05) is 11.6 Å². The van der Waals surface area contributed by atoms with E-state index in [2.05, 4.69) is 10.3 Å². The number of benzene rings is 1. The predicted molar refractivity (Wildman–Crippen MR) is 85.3 cm³/mol. The number of nitrogens with zero attached hydrogens (tertiary/aromatic N) is 1. The number of hydrogen-bond donors (Lipinski definition) is 1. The molecule has 0 aliphatic carbocycles. The lowest BCUT2D eigenvalue weighted by Crippen LogP contribution is -2.19. The molecule has 0 spiro atoms. The molecule has 1 atom stereocenters. The molecule has 5 heteroatoms. The van der Waals surface area contributed by atoms with Gasteiger partial charge < -0.3 is 5.32 Å². The van der Waals surface area contributed by atoms with E-state index >= 15 is 0 Å². The van der Waals surface area contributed by atoms with Gasteiger partial charge in [-0.1, -0.05) is 23.7 Å². The summed E-state index contributed by atoms with van der Waals surface area (Å²) in [7, 11) is 0. The summed E-state index contributed by atoms with van der Waals surface area (Å²) < 4.78 is 0. The van der Waals surface area contributed by atoms with Crippen LogP contribution in [0.15, 0.2) is 42.7 Å². The number of amides is 1. The van der Waals surface area contributed by atoms with Crippen LogP contribution in [0.4, 0.5) is 5.69 Å². The van der Waals surface area contributed by atoms with Crippen molar-refractivity contribution < 1.29 is 4.79 Å². The fraction of sp³-hybridized carbons (Fsp3) is 0.200. The van der Waals surface area contributed by atoms with E-state index in [4.69, 9.17) is 11.6 Å². The topological polar surface area (TPSA) is 42.0 Å². The molecule has 0 bridgehead atoms. The zero-order valence-corrected chi connectivity index (χ0v) is 12.8. The molecule has 2 aromatic rings. The monoisotopic (exact) mass is 306 g/mol. The minimum atomic E-state index is -0.297. The minimum Gasteiger partial charge on any atom is -0.323 e. The zero-order chi connectivity index (χ0) is 14.5. The molecule has 1 amide bonds. The maximum Gasteiger partial charge on any atom is 0.242 e. The average Bonchev–Trinajstić information content (AvgIpc) is 2.39. The van der Waals surface area contributed by atoms with Crippen LogP contribution >= 0.6 is 23.4 Å². The number of carbonyl (C=O) groups is 1. The number of hydrogen-bond acceptors (Lipinski definition) is 3. The first-order chi connectivity index (χ1) is 9.60. The Morgan fingerprint density at radius 3 is 2.80 bits per heavy atom. The molecule has 2 rings (SSSR count). The van der Waals surface area contributed by atoms with E-state index < -0.39 is 0 Å². The molecule has 0 saturated carbocycles. The van der Waals surface area contributed by atoms with E-state index in [-0.39, 0.29) is 11.2 Å². The highest BCUT2D eigenvalue weighted by Crippen LogP contribution is 2.29. The SMILES string of the molecule is CSC(C(=O)Nc1cncc(C)c1)c1cccc(Cl)c1. The van der Waals surface area contributed by atoms with Gasteiger partial charge in [-0.2, -0.15) is 0 Å². The van der Waals surface area contributed by atoms with Crippen molar-refractivity contribution >= 4 is 35.0 Å².